The van der Waals surface area contributed by atoms with Crippen molar-refractivity contribution in [3.63, 3.8) is 0 Å². The zero-order valence-corrected chi connectivity index (χ0v) is 21.5. The number of amides is 1. The Kier molecular flexibility index (Phi) is 10.0. The molecule has 1 saturated carbocycles. The largest absolute Gasteiger partial charge is 0.386 e. The molecule has 0 spiro atoms. The zero-order valence-electron chi connectivity index (χ0n) is 20.7. The molecule has 10 heteroatoms. The van der Waals surface area contributed by atoms with Crippen LogP contribution in [-0.4, -0.2) is 66.8 Å². The number of methoxy groups -OCH3 is 2. The second-order valence-corrected chi connectivity index (χ2v) is 9.22. The Hall–Kier alpha value is -2.49. The van der Waals surface area contributed by atoms with Gasteiger partial charge in [-0.05, 0) is 45.7 Å². The average molecular weight is 493 g/mol. The smallest absolute Gasteiger partial charge is 0.289 e. The Bertz CT molecular complexity index is 1010. The van der Waals surface area contributed by atoms with E-state index < -0.39 is 5.60 Å². The molecule has 0 saturated heterocycles. The normalized spacial score (nSPS) is 18.9. The number of nitrogens with one attached hydrogen (secondary N) is 2. The van der Waals surface area contributed by atoms with Gasteiger partial charge in [0.2, 0.25) is 5.82 Å². The summed E-state index contributed by atoms with van der Waals surface area (Å²) in [5, 5.41) is 7.32. The third-order valence-corrected chi connectivity index (χ3v) is 5.96. The maximum atomic E-state index is 12.9. The van der Waals surface area contributed by atoms with Crippen LogP contribution in [0.1, 0.15) is 55.7 Å². The zero-order chi connectivity index (χ0) is 24.0. The van der Waals surface area contributed by atoms with Gasteiger partial charge in [-0.25, -0.2) is 9.97 Å². The molecule has 4 N–H and O–H groups in total. The minimum Gasteiger partial charge on any atom is -0.386 e. The highest BCUT2D eigenvalue weighted by Crippen LogP contribution is 2.28. The highest BCUT2D eigenvalue weighted by atomic mass is 35.5. The molecule has 1 amide bonds. The number of halogens is 1. The first kappa shape index (κ1) is 27.8. The van der Waals surface area contributed by atoms with Gasteiger partial charge in [0.05, 0.1) is 17.2 Å². The number of ether oxygens (including phenoxy) is 2. The van der Waals surface area contributed by atoms with Crippen LogP contribution in [0.15, 0.2) is 23.2 Å². The fraction of sp³-hybridized carbons (Fsp3) is 0.583. The van der Waals surface area contributed by atoms with Crippen molar-refractivity contribution in [2.75, 3.05) is 32.7 Å². The summed E-state index contributed by atoms with van der Waals surface area (Å²) in [4.78, 5) is 26.7. The predicted molar refractivity (Wildman–Crippen MR) is 138 cm³/mol. The Balaban J connectivity index is 0.00000408. The summed E-state index contributed by atoms with van der Waals surface area (Å²) >= 11 is 0. The van der Waals surface area contributed by atoms with Crippen LogP contribution in [0.3, 0.4) is 0 Å². The monoisotopic (exact) mass is 492 g/mol. The fourth-order valence-corrected chi connectivity index (χ4v) is 3.91. The van der Waals surface area contributed by atoms with Crippen molar-refractivity contribution in [3.8, 4) is 0 Å². The molecule has 0 unspecified atom stereocenters. The minimum atomic E-state index is -0.486. The summed E-state index contributed by atoms with van der Waals surface area (Å²) in [6, 6.07) is 6.00. The number of amidine groups is 1. The third-order valence-electron chi connectivity index (χ3n) is 5.96. The van der Waals surface area contributed by atoms with Crippen LogP contribution in [-0.2, 0) is 9.47 Å². The maximum Gasteiger partial charge on any atom is 0.289 e. The molecular formula is C24H37ClN6O3. The van der Waals surface area contributed by atoms with E-state index in [1.165, 1.54) is 0 Å². The third kappa shape index (κ3) is 7.25. The summed E-state index contributed by atoms with van der Waals surface area (Å²) in [7, 11) is 3.22. The SMILES string of the molecule is COCC(N)=N[C@@H]1CCCC[C@@H]1Nc1nc(C(=O)NCC(C)(C)OC)nc2ccc(C)cc12.Cl. The van der Waals surface area contributed by atoms with Crippen LogP contribution in [0.5, 0.6) is 0 Å². The van der Waals surface area contributed by atoms with Gasteiger partial charge in [-0.2, -0.15) is 0 Å². The van der Waals surface area contributed by atoms with E-state index in [2.05, 4.69) is 20.6 Å². The number of aryl methyl sites for hydroxylation is 1. The number of nitrogens with zero attached hydrogens (tertiary/aromatic N) is 3. The number of aromatic nitrogens is 2. The van der Waals surface area contributed by atoms with Gasteiger partial charge >= 0.3 is 0 Å². The number of rotatable bonds is 9. The van der Waals surface area contributed by atoms with Crippen molar-refractivity contribution in [3.05, 3.63) is 29.6 Å². The number of carbonyl (C=O) groups excluding carboxylic acids is 1. The number of hydrogen-bond donors (Lipinski definition) is 3. The Morgan fingerprint density at radius 2 is 1.97 bits per heavy atom. The van der Waals surface area contributed by atoms with E-state index in [1.807, 2.05) is 39.0 Å². The van der Waals surface area contributed by atoms with Crippen LogP contribution in [0.2, 0.25) is 0 Å². The van der Waals surface area contributed by atoms with Crippen LogP contribution in [0.4, 0.5) is 5.82 Å². The second-order valence-electron chi connectivity index (χ2n) is 9.22. The molecule has 1 aromatic heterocycles. The first-order chi connectivity index (χ1) is 15.7. The van der Waals surface area contributed by atoms with Crippen molar-refractivity contribution in [1.29, 1.82) is 0 Å². The number of anilines is 1. The van der Waals surface area contributed by atoms with E-state index in [-0.39, 0.29) is 36.2 Å². The van der Waals surface area contributed by atoms with Crippen LogP contribution in [0, 0.1) is 6.92 Å². The molecule has 188 valence electrons. The second kappa shape index (κ2) is 12.3. The molecule has 9 nitrogen and oxygen atoms in total. The van der Waals surface area contributed by atoms with Crippen molar-refractivity contribution in [2.45, 2.75) is 64.1 Å². The number of aliphatic imine (C=N–C) groups is 1. The van der Waals surface area contributed by atoms with Crippen LogP contribution < -0.4 is 16.4 Å². The topological polar surface area (TPSA) is 124 Å². The molecular weight excluding hydrogens is 456 g/mol. The van der Waals surface area contributed by atoms with Gasteiger partial charge in [-0.1, -0.05) is 24.5 Å². The predicted octanol–water partition coefficient (Wildman–Crippen LogP) is 3.24. The van der Waals surface area contributed by atoms with Crippen molar-refractivity contribution >= 4 is 40.9 Å². The van der Waals surface area contributed by atoms with E-state index in [1.54, 1.807) is 14.2 Å². The number of carbonyl (C=O) groups is 1. The number of benzene rings is 1. The Morgan fingerprint density at radius 3 is 2.68 bits per heavy atom. The number of nitrogens with two attached hydrogens (primary N) is 1. The summed E-state index contributed by atoms with van der Waals surface area (Å²) < 4.78 is 10.5. The molecule has 1 aromatic carbocycles. The summed E-state index contributed by atoms with van der Waals surface area (Å²) in [5.41, 5.74) is 7.35. The lowest BCUT2D eigenvalue weighted by Crippen LogP contribution is -2.40. The number of hydrogen-bond acceptors (Lipinski definition) is 7. The standard InChI is InChI=1S/C24H36N6O3.ClH/c1-15-10-11-17-16(12-15)21(30-22(28-17)23(31)26-14-24(2,3)33-5)29-19-9-7-6-8-18(19)27-20(25)13-32-4;/h10-12,18-19H,6-9,13-14H2,1-5H3,(H2,25,27)(H,26,31)(H,28,29,30);1H/t18-,19+;/m1./s1. The molecule has 1 fully saturated rings. The minimum absolute atomic E-state index is 0. The Morgan fingerprint density at radius 1 is 1.24 bits per heavy atom. The first-order valence-electron chi connectivity index (χ1n) is 11.4. The maximum absolute atomic E-state index is 12.9. The summed E-state index contributed by atoms with van der Waals surface area (Å²) in [6.07, 6.45) is 4.06. The quantitative estimate of drug-likeness (QED) is 0.362. The molecule has 1 aliphatic carbocycles. The van der Waals surface area contributed by atoms with Crippen molar-refractivity contribution < 1.29 is 14.3 Å². The lowest BCUT2D eigenvalue weighted by molar-refractivity contribution is 0.0227. The van der Waals surface area contributed by atoms with Gasteiger partial charge in [0.1, 0.15) is 18.3 Å². The van der Waals surface area contributed by atoms with Crippen molar-refractivity contribution in [2.24, 2.45) is 10.7 Å². The van der Waals surface area contributed by atoms with Gasteiger partial charge in [-0.15, -0.1) is 12.4 Å². The molecule has 2 atom stereocenters. The van der Waals surface area contributed by atoms with Gasteiger partial charge < -0.3 is 25.8 Å². The van der Waals surface area contributed by atoms with Crippen LogP contribution >= 0.6 is 12.4 Å². The molecule has 3 rings (SSSR count). The molecule has 34 heavy (non-hydrogen) atoms. The molecule has 0 radical (unpaired) electrons. The van der Waals surface area contributed by atoms with E-state index >= 15 is 0 Å². The summed E-state index contributed by atoms with van der Waals surface area (Å²) in [5.74, 6) is 0.904. The number of fused-ring (bicyclic) bond motifs is 1. The van der Waals surface area contributed by atoms with E-state index in [9.17, 15) is 4.79 Å². The lowest BCUT2D eigenvalue weighted by atomic mass is 9.90. The fourth-order valence-electron chi connectivity index (χ4n) is 3.91. The molecule has 2 aromatic rings. The lowest BCUT2D eigenvalue weighted by Gasteiger charge is -2.30. The van der Waals surface area contributed by atoms with E-state index in [0.717, 1.165) is 36.6 Å². The highest BCUT2D eigenvalue weighted by molar-refractivity contribution is 5.96. The van der Waals surface area contributed by atoms with E-state index in [4.69, 9.17) is 20.2 Å². The first-order valence-corrected chi connectivity index (χ1v) is 11.4. The van der Waals surface area contributed by atoms with Gasteiger partial charge in [0.15, 0.2) is 0 Å². The van der Waals surface area contributed by atoms with Gasteiger partial charge in [-0.3, -0.25) is 9.79 Å². The molecule has 0 bridgehead atoms. The van der Waals surface area contributed by atoms with E-state index in [0.29, 0.717) is 30.3 Å². The molecule has 1 heterocycles. The Labute approximate surface area is 207 Å². The van der Waals surface area contributed by atoms with Gasteiger partial charge in [0.25, 0.3) is 5.91 Å². The van der Waals surface area contributed by atoms with Crippen molar-refractivity contribution in [1.82, 2.24) is 15.3 Å². The molecule has 1 aliphatic rings. The molecule has 0 aliphatic heterocycles. The summed E-state index contributed by atoms with van der Waals surface area (Å²) in [6.45, 7) is 6.49. The van der Waals surface area contributed by atoms with Crippen LogP contribution in [0.25, 0.3) is 10.9 Å². The average Bonchev–Trinajstić information content (AvgIpc) is 2.79. The van der Waals surface area contributed by atoms with Gasteiger partial charge in [0, 0.05) is 32.2 Å². The highest BCUT2D eigenvalue weighted by Gasteiger charge is 2.27.